The van der Waals surface area contributed by atoms with Crippen LogP contribution in [0.4, 0.5) is 0 Å². The molecule has 0 radical (unpaired) electrons. The van der Waals surface area contributed by atoms with Crippen LogP contribution in [-0.4, -0.2) is 20.8 Å². The molecule has 1 aliphatic carbocycles. The minimum atomic E-state index is -0.170. The van der Waals surface area contributed by atoms with E-state index in [4.69, 9.17) is 4.52 Å². The number of nitrogens with zero attached hydrogens (tertiary/aromatic N) is 3. The van der Waals surface area contributed by atoms with Crippen LogP contribution in [0, 0.1) is 11.3 Å². The van der Waals surface area contributed by atoms with E-state index in [0.29, 0.717) is 11.6 Å². The molecule has 2 heterocycles. The number of amides is 1. The first-order chi connectivity index (χ1) is 11.8. The predicted octanol–water partition coefficient (Wildman–Crippen LogP) is 3.53. The monoisotopic (exact) mass is 344 g/mol. The minimum absolute atomic E-state index is 0.135. The van der Waals surface area contributed by atoms with Crippen LogP contribution in [0.15, 0.2) is 16.8 Å². The van der Waals surface area contributed by atoms with Crippen molar-refractivity contribution in [1.82, 2.24) is 20.3 Å². The Hall–Kier alpha value is -2.11. The normalized spacial score (nSPS) is 18.7. The van der Waals surface area contributed by atoms with Gasteiger partial charge in [0.1, 0.15) is 5.76 Å². The van der Waals surface area contributed by atoms with E-state index in [2.05, 4.69) is 36.3 Å². The van der Waals surface area contributed by atoms with Gasteiger partial charge in [0, 0.05) is 24.7 Å². The largest absolute Gasteiger partial charge is 0.360 e. The van der Waals surface area contributed by atoms with Crippen molar-refractivity contribution in [3.05, 3.63) is 35.0 Å². The second-order valence-electron chi connectivity index (χ2n) is 8.01. The Bertz CT molecular complexity index is 754. The van der Waals surface area contributed by atoms with E-state index in [1.807, 2.05) is 24.6 Å². The summed E-state index contributed by atoms with van der Waals surface area (Å²) in [5.74, 6) is 1.23. The SMILES string of the molecule is CCn1nccc1[C@H](C)NC(=O)c1noc2c1C[C@H](C(C)(C)C)CC2. The van der Waals surface area contributed by atoms with Crippen molar-refractivity contribution in [2.75, 3.05) is 0 Å². The smallest absolute Gasteiger partial charge is 0.274 e. The molecule has 2 aromatic heterocycles. The van der Waals surface area contributed by atoms with Gasteiger partial charge in [-0.15, -0.1) is 0 Å². The summed E-state index contributed by atoms with van der Waals surface area (Å²) < 4.78 is 7.35. The van der Waals surface area contributed by atoms with Gasteiger partial charge < -0.3 is 9.84 Å². The molecule has 0 saturated heterocycles. The quantitative estimate of drug-likeness (QED) is 0.921. The molecule has 1 amide bonds. The molecule has 1 N–H and O–H groups in total. The zero-order chi connectivity index (χ0) is 18.2. The molecule has 136 valence electrons. The number of nitrogens with one attached hydrogen (secondary N) is 1. The van der Waals surface area contributed by atoms with Crippen molar-refractivity contribution in [2.45, 2.75) is 66.5 Å². The predicted molar refractivity (Wildman–Crippen MR) is 95.3 cm³/mol. The Kier molecular flexibility index (Phi) is 4.71. The maximum Gasteiger partial charge on any atom is 0.274 e. The number of rotatable bonds is 4. The molecular weight excluding hydrogens is 316 g/mol. The van der Waals surface area contributed by atoms with E-state index in [0.717, 1.165) is 42.8 Å². The summed E-state index contributed by atoms with van der Waals surface area (Å²) in [6.45, 7) is 11.5. The number of hydrogen-bond acceptors (Lipinski definition) is 4. The standard InChI is InChI=1S/C19H28N4O2/c1-6-23-15(9-10-20-23)12(2)21-18(24)17-14-11-13(19(3,4)5)7-8-16(14)25-22-17/h9-10,12-13H,6-8,11H2,1-5H3,(H,21,24)/t12-,13+/m0/s1. The average molecular weight is 344 g/mol. The van der Waals surface area contributed by atoms with Gasteiger partial charge in [0.05, 0.1) is 11.7 Å². The van der Waals surface area contributed by atoms with Gasteiger partial charge in [0.15, 0.2) is 5.69 Å². The van der Waals surface area contributed by atoms with Crippen LogP contribution < -0.4 is 5.32 Å². The molecule has 1 aliphatic rings. The van der Waals surface area contributed by atoms with Crippen molar-refractivity contribution in [2.24, 2.45) is 11.3 Å². The van der Waals surface area contributed by atoms with Gasteiger partial charge in [-0.1, -0.05) is 25.9 Å². The van der Waals surface area contributed by atoms with Gasteiger partial charge in [-0.3, -0.25) is 9.48 Å². The summed E-state index contributed by atoms with van der Waals surface area (Å²) in [5, 5.41) is 11.4. The van der Waals surface area contributed by atoms with Crippen LogP contribution in [0.25, 0.3) is 0 Å². The zero-order valence-electron chi connectivity index (χ0n) is 15.8. The van der Waals surface area contributed by atoms with Crippen LogP contribution in [0.3, 0.4) is 0 Å². The molecule has 0 fully saturated rings. The van der Waals surface area contributed by atoms with E-state index in [-0.39, 0.29) is 17.4 Å². The second-order valence-corrected chi connectivity index (χ2v) is 8.01. The molecule has 2 atom stereocenters. The zero-order valence-corrected chi connectivity index (χ0v) is 15.8. The van der Waals surface area contributed by atoms with Crippen LogP contribution in [0.5, 0.6) is 0 Å². The third kappa shape index (κ3) is 3.48. The van der Waals surface area contributed by atoms with Crippen LogP contribution in [0.2, 0.25) is 0 Å². The van der Waals surface area contributed by atoms with E-state index in [1.165, 1.54) is 0 Å². The fourth-order valence-electron chi connectivity index (χ4n) is 3.64. The molecule has 3 rings (SSSR count). The number of aryl methyl sites for hydroxylation is 2. The summed E-state index contributed by atoms with van der Waals surface area (Å²) in [4.78, 5) is 12.8. The molecule has 0 unspecified atom stereocenters. The molecule has 6 nitrogen and oxygen atoms in total. The minimum Gasteiger partial charge on any atom is -0.360 e. The van der Waals surface area contributed by atoms with Crippen molar-refractivity contribution < 1.29 is 9.32 Å². The Morgan fingerprint density at radius 1 is 1.48 bits per heavy atom. The number of carbonyl (C=O) groups is 1. The van der Waals surface area contributed by atoms with Gasteiger partial charge in [-0.05, 0) is 44.1 Å². The first-order valence-corrected chi connectivity index (χ1v) is 9.11. The lowest BCUT2D eigenvalue weighted by Crippen LogP contribution is -2.31. The fraction of sp³-hybridized carbons (Fsp3) is 0.632. The first-order valence-electron chi connectivity index (χ1n) is 9.11. The van der Waals surface area contributed by atoms with Crippen LogP contribution in [0.1, 0.15) is 74.6 Å². The van der Waals surface area contributed by atoms with Crippen molar-refractivity contribution in [3.63, 3.8) is 0 Å². The van der Waals surface area contributed by atoms with Crippen molar-refractivity contribution in [1.29, 1.82) is 0 Å². The third-order valence-corrected chi connectivity index (χ3v) is 5.32. The molecule has 0 bridgehead atoms. The number of carbonyl (C=O) groups excluding carboxylic acids is 1. The molecule has 2 aromatic rings. The second kappa shape index (κ2) is 6.65. The molecule has 0 aliphatic heterocycles. The van der Waals surface area contributed by atoms with Gasteiger partial charge >= 0.3 is 0 Å². The maximum atomic E-state index is 12.8. The highest BCUT2D eigenvalue weighted by Gasteiger charge is 2.34. The summed E-state index contributed by atoms with van der Waals surface area (Å²) in [5.41, 5.74) is 2.63. The van der Waals surface area contributed by atoms with Gasteiger partial charge in [0.2, 0.25) is 0 Å². The highest BCUT2D eigenvalue weighted by molar-refractivity contribution is 5.94. The van der Waals surface area contributed by atoms with Crippen molar-refractivity contribution in [3.8, 4) is 0 Å². The lowest BCUT2D eigenvalue weighted by Gasteiger charge is -2.33. The number of hydrogen-bond donors (Lipinski definition) is 1. The average Bonchev–Trinajstić information content (AvgIpc) is 3.19. The maximum absolute atomic E-state index is 12.8. The van der Waals surface area contributed by atoms with E-state index < -0.39 is 0 Å². The Balaban J connectivity index is 1.77. The highest BCUT2D eigenvalue weighted by Crippen LogP contribution is 2.38. The lowest BCUT2D eigenvalue weighted by atomic mass is 9.71. The molecule has 0 saturated carbocycles. The number of aromatic nitrogens is 3. The Morgan fingerprint density at radius 3 is 2.92 bits per heavy atom. The molecule has 25 heavy (non-hydrogen) atoms. The first kappa shape index (κ1) is 17.7. The summed E-state index contributed by atoms with van der Waals surface area (Å²) in [7, 11) is 0. The molecule has 6 heteroatoms. The van der Waals surface area contributed by atoms with Gasteiger partial charge in [-0.25, -0.2) is 0 Å². The number of fused-ring (bicyclic) bond motifs is 1. The fourth-order valence-corrected chi connectivity index (χ4v) is 3.64. The lowest BCUT2D eigenvalue weighted by molar-refractivity contribution is 0.0927. The summed E-state index contributed by atoms with van der Waals surface area (Å²) >= 11 is 0. The third-order valence-electron chi connectivity index (χ3n) is 5.32. The van der Waals surface area contributed by atoms with Crippen molar-refractivity contribution >= 4 is 5.91 Å². The van der Waals surface area contributed by atoms with Crippen LogP contribution in [-0.2, 0) is 19.4 Å². The highest BCUT2D eigenvalue weighted by atomic mass is 16.5. The topological polar surface area (TPSA) is 73.0 Å². The van der Waals surface area contributed by atoms with Crippen LogP contribution >= 0.6 is 0 Å². The Labute approximate surface area is 149 Å². The van der Waals surface area contributed by atoms with Gasteiger partial charge in [-0.2, -0.15) is 5.10 Å². The summed E-state index contributed by atoms with van der Waals surface area (Å²) in [6, 6.07) is 1.80. The molecule has 0 aromatic carbocycles. The molecular formula is C19H28N4O2. The summed E-state index contributed by atoms with van der Waals surface area (Å²) in [6.07, 6.45) is 4.55. The van der Waals surface area contributed by atoms with Gasteiger partial charge in [0.25, 0.3) is 5.91 Å². The Morgan fingerprint density at radius 2 is 2.24 bits per heavy atom. The van der Waals surface area contributed by atoms with E-state index >= 15 is 0 Å². The van der Waals surface area contributed by atoms with E-state index in [1.54, 1.807) is 6.20 Å². The van der Waals surface area contributed by atoms with E-state index in [9.17, 15) is 4.79 Å². The molecule has 0 spiro atoms.